The summed E-state index contributed by atoms with van der Waals surface area (Å²) >= 11 is 0. The number of hydrogen-bond donors (Lipinski definition) is 0. The molecule has 0 aromatic heterocycles. The van der Waals surface area contributed by atoms with Gasteiger partial charge in [-0.25, -0.2) is 8.42 Å². The summed E-state index contributed by atoms with van der Waals surface area (Å²) in [5.74, 6) is 0.699. The van der Waals surface area contributed by atoms with Gasteiger partial charge in [0.2, 0.25) is 9.84 Å². The minimum Gasteiger partial charge on any atom is -0.455 e. The smallest absolute Gasteiger partial charge is 0.213 e. The van der Waals surface area contributed by atoms with E-state index in [1.165, 1.54) is 13.2 Å². The van der Waals surface area contributed by atoms with Crippen molar-refractivity contribution in [2.24, 2.45) is 0 Å². The molecule has 2 aromatic rings. The van der Waals surface area contributed by atoms with E-state index in [-0.39, 0.29) is 9.79 Å². The van der Waals surface area contributed by atoms with E-state index in [1.54, 1.807) is 24.3 Å². The van der Waals surface area contributed by atoms with Crippen LogP contribution in [0.25, 0.3) is 0 Å². The SMILES string of the molecule is [B][B]c1ccc2c(c1)S(=O)(=O)c1cc(C)ccc1O2. The molecule has 1 heterocycles. The Morgan fingerprint density at radius 3 is 2.37 bits per heavy atom. The van der Waals surface area contributed by atoms with Crippen LogP contribution in [0.5, 0.6) is 11.5 Å². The Labute approximate surface area is 114 Å². The normalized spacial score (nSPS) is 15.0. The van der Waals surface area contributed by atoms with Crippen molar-refractivity contribution in [2.45, 2.75) is 16.7 Å². The van der Waals surface area contributed by atoms with Gasteiger partial charge in [-0.1, -0.05) is 17.6 Å². The van der Waals surface area contributed by atoms with Crippen LogP contribution < -0.4 is 10.2 Å². The van der Waals surface area contributed by atoms with Crippen LogP contribution in [0.1, 0.15) is 5.56 Å². The Morgan fingerprint density at radius 2 is 1.68 bits per heavy atom. The minimum atomic E-state index is -3.56. The van der Waals surface area contributed by atoms with Crippen molar-refractivity contribution < 1.29 is 13.2 Å². The average molecular weight is 267 g/mol. The maximum absolute atomic E-state index is 12.6. The number of hydrogen-bond acceptors (Lipinski definition) is 3. The molecule has 0 fully saturated rings. The summed E-state index contributed by atoms with van der Waals surface area (Å²) in [5.41, 5.74) is 1.51. The monoisotopic (exact) mass is 267 g/mol. The van der Waals surface area contributed by atoms with E-state index >= 15 is 0 Å². The Hall–Kier alpha value is -1.68. The second kappa shape index (κ2) is 4.17. The summed E-state index contributed by atoms with van der Waals surface area (Å²) in [6.07, 6.45) is 0. The maximum Gasteiger partial charge on any atom is 0.213 e. The van der Waals surface area contributed by atoms with E-state index in [1.807, 2.05) is 13.0 Å². The summed E-state index contributed by atoms with van der Waals surface area (Å²) in [6, 6.07) is 9.97. The van der Waals surface area contributed by atoms with Gasteiger partial charge in [0, 0.05) is 7.74 Å². The van der Waals surface area contributed by atoms with Crippen LogP contribution >= 0.6 is 0 Å². The third-order valence-electron chi connectivity index (χ3n) is 3.06. The van der Waals surface area contributed by atoms with E-state index in [2.05, 4.69) is 0 Å². The fourth-order valence-corrected chi connectivity index (χ4v) is 3.69. The van der Waals surface area contributed by atoms with Gasteiger partial charge in [0.25, 0.3) is 0 Å². The summed E-state index contributed by atoms with van der Waals surface area (Å²) < 4.78 is 30.8. The minimum absolute atomic E-state index is 0.157. The fourth-order valence-electron chi connectivity index (χ4n) is 2.07. The van der Waals surface area contributed by atoms with E-state index in [4.69, 9.17) is 12.5 Å². The average Bonchev–Trinajstić information content (AvgIpc) is 2.40. The van der Waals surface area contributed by atoms with Crippen LogP contribution in [-0.4, -0.2) is 23.3 Å². The zero-order valence-corrected chi connectivity index (χ0v) is 11.1. The van der Waals surface area contributed by atoms with Crippen molar-refractivity contribution in [3.63, 3.8) is 0 Å². The van der Waals surface area contributed by atoms with E-state index in [0.29, 0.717) is 17.0 Å². The molecule has 3 radical (unpaired) electrons. The van der Waals surface area contributed by atoms with Crippen molar-refractivity contribution in [2.75, 3.05) is 0 Å². The van der Waals surface area contributed by atoms with Crippen molar-refractivity contribution in [1.82, 2.24) is 0 Å². The first-order valence-electron chi connectivity index (χ1n) is 5.75. The first-order valence-corrected chi connectivity index (χ1v) is 7.23. The summed E-state index contributed by atoms with van der Waals surface area (Å²) in [4.78, 5) is 0.360. The first-order chi connectivity index (χ1) is 9.02. The molecule has 1 aliphatic rings. The lowest BCUT2D eigenvalue weighted by Crippen LogP contribution is -2.19. The molecule has 3 rings (SSSR count). The zero-order valence-electron chi connectivity index (χ0n) is 10.3. The molecular weight excluding hydrogens is 258 g/mol. The molecule has 0 unspecified atom stereocenters. The highest BCUT2D eigenvalue weighted by molar-refractivity contribution is 7.91. The lowest BCUT2D eigenvalue weighted by Gasteiger charge is -2.21. The van der Waals surface area contributed by atoms with Crippen molar-refractivity contribution >= 4 is 30.2 Å². The fraction of sp³-hybridized carbons (Fsp3) is 0.0769. The number of aryl methyl sites for hydroxylation is 1. The van der Waals surface area contributed by atoms with Gasteiger partial charge in [0.05, 0.1) is 7.17 Å². The van der Waals surface area contributed by atoms with Crippen LogP contribution in [0.2, 0.25) is 0 Å². The number of benzene rings is 2. The molecule has 0 spiro atoms. The van der Waals surface area contributed by atoms with Crippen molar-refractivity contribution in [3.05, 3.63) is 42.0 Å². The third-order valence-corrected chi connectivity index (χ3v) is 4.85. The highest BCUT2D eigenvalue weighted by atomic mass is 32.2. The summed E-state index contributed by atoms with van der Waals surface area (Å²) in [5, 5.41) is 0. The van der Waals surface area contributed by atoms with Gasteiger partial charge < -0.3 is 4.74 Å². The van der Waals surface area contributed by atoms with Crippen LogP contribution in [0.15, 0.2) is 46.2 Å². The largest absolute Gasteiger partial charge is 0.455 e. The van der Waals surface area contributed by atoms with Crippen LogP contribution in [0.4, 0.5) is 0 Å². The Balaban J connectivity index is 2.29. The number of sulfone groups is 1. The Kier molecular flexibility index (Phi) is 2.71. The van der Waals surface area contributed by atoms with Gasteiger partial charge in [-0.05, 0) is 36.8 Å². The van der Waals surface area contributed by atoms with Crippen LogP contribution in [0, 0.1) is 6.92 Å². The van der Waals surface area contributed by atoms with Gasteiger partial charge >= 0.3 is 0 Å². The zero-order chi connectivity index (χ0) is 13.6. The van der Waals surface area contributed by atoms with E-state index in [9.17, 15) is 8.42 Å². The molecule has 0 bridgehead atoms. The predicted molar refractivity (Wildman–Crippen MR) is 74.3 cm³/mol. The molecule has 1 aliphatic heterocycles. The Bertz CT molecular complexity index is 769. The predicted octanol–water partition coefficient (Wildman–Crippen LogP) is 1.35. The van der Waals surface area contributed by atoms with Crippen LogP contribution in [0.3, 0.4) is 0 Å². The molecule has 19 heavy (non-hydrogen) atoms. The molecule has 0 amide bonds. The van der Waals surface area contributed by atoms with Gasteiger partial charge in [-0.15, -0.1) is 0 Å². The summed E-state index contributed by atoms with van der Waals surface area (Å²) in [6.45, 7) is 1.84. The molecule has 6 heteroatoms. The molecule has 0 N–H and O–H groups in total. The molecule has 91 valence electrons. The lowest BCUT2D eigenvalue weighted by molar-refractivity contribution is 0.443. The van der Waals surface area contributed by atoms with Gasteiger partial charge in [-0.2, -0.15) is 0 Å². The molecule has 2 aromatic carbocycles. The standard InChI is InChI=1S/C13H9B2O3S/c1-8-2-4-10-12(6-8)19(16,17)13-7-9(15-14)3-5-11(13)18-10/h2-7H,1H3. The number of ether oxygens (including phenoxy) is 1. The van der Waals surface area contributed by atoms with Crippen molar-refractivity contribution in [1.29, 1.82) is 0 Å². The molecule has 3 nitrogen and oxygen atoms in total. The lowest BCUT2D eigenvalue weighted by atomic mass is 9.51. The highest BCUT2D eigenvalue weighted by Crippen LogP contribution is 2.42. The molecule has 0 saturated carbocycles. The topological polar surface area (TPSA) is 43.4 Å². The van der Waals surface area contributed by atoms with E-state index < -0.39 is 9.84 Å². The van der Waals surface area contributed by atoms with E-state index in [0.717, 1.165) is 5.56 Å². The molecule has 0 aliphatic carbocycles. The third kappa shape index (κ3) is 1.87. The second-order valence-corrected chi connectivity index (χ2v) is 6.32. The first kappa shape index (κ1) is 12.4. The highest BCUT2D eigenvalue weighted by Gasteiger charge is 2.31. The van der Waals surface area contributed by atoms with Gasteiger partial charge in [0.1, 0.15) is 21.3 Å². The van der Waals surface area contributed by atoms with Gasteiger partial charge in [-0.3, -0.25) is 0 Å². The summed E-state index contributed by atoms with van der Waals surface area (Å²) in [7, 11) is 3.24. The number of fused-ring (bicyclic) bond motifs is 2. The molecular formula is C13H9B2O3S. The van der Waals surface area contributed by atoms with Crippen LogP contribution in [-0.2, 0) is 9.84 Å². The maximum atomic E-state index is 12.6. The van der Waals surface area contributed by atoms with Gasteiger partial charge in [0.15, 0.2) is 0 Å². The molecule has 0 saturated heterocycles. The molecule has 0 atom stereocenters. The quantitative estimate of drug-likeness (QED) is 0.625. The number of rotatable bonds is 1. The van der Waals surface area contributed by atoms with Crippen molar-refractivity contribution in [3.8, 4) is 11.5 Å². The second-order valence-electron chi connectivity index (χ2n) is 4.43. The Morgan fingerprint density at radius 1 is 1.05 bits per heavy atom.